The van der Waals surface area contributed by atoms with Gasteiger partial charge in [-0.2, -0.15) is 0 Å². The number of halogens is 1. The molecule has 0 unspecified atom stereocenters. The second-order valence-corrected chi connectivity index (χ2v) is 9.76. The summed E-state index contributed by atoms with van der Waals surface area (Å²) in [6.45, 7) is 6.80. The Morgan fingerprint density at radius 1 is 0.345 bits per heavy atom. The van der Waals surface area contributed by atoms with Gasteiger partial charge >= 0.3 is 0 Å². The third-order valence-electron chi connectivity index (χ3n) is 6.69. The minimum Gasteiger partial charge on any atom is -0.244 e. The average molecular weight is 413 g/mol. The van der Waals surface area contributed by atoms with Crippen LogP contribution in [0.3, 0.4) is 0 Å². The topological polar surface area (TPSA) is 0 Å². The summed E-state index contributed by atoms with van der Waals surface area (Å²) in [5.41, 5.74) is -0.864. The van der Waals surface area contributed by atoms with Crippen molar-refractivity contribution in [2.45, 2.75) is 181 Å². The molecule has 0 saturated heterocycles. The van der Waals surface area contributed by atoms with Gasteiger partial charge in [0, 0.05) is 0 Å². The molecule has 0 heterocycles. The molecule has 0 fully saturated rings. The standard InChI is InChI=1S/C28H57F/c1-4-7-10-13-16-17-18-21-24-27-28(29,25-22-19-14-11-8-5-2)26-23-20-15-12-9-6-3/h4-27H2,1-3H3. The summed E-state index contributed by atoms with van der Waals surface area (Å²) >= 11 is 0. The van der Waals surface area contributed by atoms with Gasteiger partial charge in [-0.3, -0.25) is 0 Å². The molecule has 0 radical (unpaired) electrons. The lowest BCUT2D eigenvalue weighted by atomic mass is 9.86. The Morgan fingerprint density at radius 2 is 0.552 bits per heavy atom. The van der Waals surface area contributed by atoms with Gasteiger partial charge < -0.3 is 0 Å². The molecule has 0 rings (SSSR count). The summed E-state index contributed by atoms with van der Waals surface area (Å²) in [5.74, 6) is 0. The van der Waals surface area contributed by atoms with Crippen molar-refractivity contribution in [1.82, 2.24) is 0 Å². The van der Waals surface area contributed by atoms with Crippen molar-refractivity contribution in [1.29, 1.82) is 0 Å². The zero-order valence-corrected chi connectivity index (χ0v) is 20.8. The Morgan fingerprint density at radius 3 is 0.793 bits per heavy atom. The first kappa shape index (κ1) is 28.9. The van der Waals surface area contributed by atoms with Crippen LogP contribution in [0.25, 0.3) is 0 Å². The molecule has 0 spiro atoms. The van der Waals surface area contributed by atoms with Gasteiger partial charge in [0.25, 0.3) is 0 Å². The van der Waals surface area contributed by atoms with Crippen LogP contribution < -0.4 is 0 Å². The lowest BCUT2D eigenvalue weighted by Crippen LogP contribution is -2.23. The normalized spacial score (nSPS) is 12.0. The molecule has 0 aliphatic carbocycles. The Balaban J connectivity index is 3.99. The Labute approximate surface area is 185 Å². The molecule has 0 aromatic carbocycles. The third kappa shape index (κ3) is 21.0. The minimum absolute atomic E-state index is 0.825. The average Bonchev–Trinajstić information content (AvgIpc) is 2.72. The minimum atomic E-state index is -0.864. The van der Waals surface area contributed by atoms with Gasteiger partial charge in [-0.05, 0) is 19.3 Å². The van der Waals surface area contributed by atoms with Crippen LogP contribution >= 0.6 is 0 Å². The number of hydrogen-bond donors (Lipinski definition) is 0. The maximum atomic E-state index is 15.7. The molecule has 0 aromatic heterocycles. The quantitative estimate of drug-likeness (QED) is 0.138. The van der Waals surface area contributed by atoms with Gasteiger partial charge in [-0.1, -0.05) is 156 Å². The molecule has 0 atom stereocenters. The van der Waals surface area contributed by atoms with Gasteiger partial charge in [-0.15, -0.1) is 0 Å². The Hall–Kier alpha value is -0.0700. The molecule has 29 heavy (non-hydrogen) atoms. The predicted molar refractivity (Wildman–Crippen MR) is 132 cm³/mol. The second kappa shape index (κ2) is 22.6. The fraction of sp³-hybridized carbons (Fsp3) is 1.00. The first-order chi connectivity index (χ1) is 14.2. The van der Waals surface area contributed by atoms with Crippen molar-refractivity contribution in [3.05, 3.63) is 0 Å². The molecular formula is C28H57F. The predicted octanol–water partition coefficient (Wildman–Crippen LogP) is 11.1. The zero-order chi connectivity index (χ0) is 21.5. The van der Waals surface area contributed by atoms with Crippen molar-refractivity contribution in [3.8, 4) is 0 Å². The van der Waals surface area contributed by atoms with Crippen LogP contribution in [0, 0.1) is 0 Å². The molecule has 0 aliphatic rings. The highest BCUT2D eigenvalue weighted by atomic mass is 19.1. The van der Waals surface area contributed by atoms with E-state index < -0.39 is 5.67 Å². The molecule has 0 aromatic rings. The summed E-state index contributed by atoms with van der Waals surface area (Å²) in [7, 11) is 0. The van der Waals surface area contributed by atoms with Crippen molar-refractivity contribution >= 4 is 0 Å². The monoisotopic (exact) mass is 412 g/mol. The van der Waals surface area contributed by atoms with Crippen molar-refractivity contribution in [2.24, 2.45) is 0 Å². The Bertz CT molecular complexity index is 283. The molecule has 0 saturated carbocycles. The van der Waals surface area contributed by atoms with Crippen LogP contribution in [0.2, 0.25) is 0 Å². The van der Waals surface area contributed by atoms with E-state index in [-0.39, 0.29) is 0 Å². The van der Waals surface area contributed by atoms with Gasteiger partial charge in [-0.25, -0.2) is 4.39 Å². The molecule has 176 valence electrons. The summed E-state index contributed by atoms with van der Waals surface area (Å²) < 4.78 is 15.7. The SMILES string of the molecule is CCCCCCCCCCCC(F)(CCCCCCCC)CCCCCCCC. The maximum Gasteiger partial charge on any atom is 0.111 e. The van der Waals surface area contributed by atoms with E-state index in [9.17, 15) is 0 Å². The van der Waals surface area contributed by atoms with Gasteiger partial charge in [0.05, 0.1) is 0 Å². The lowest BCUT2D eigenvalue weighted by Gasteiger charge is -2.26. The highest BCUT2D eigenvalue weighted by Gasteiger charge is 2.27. The number of alkyl halides is 1. The Kier molecular flexibility index (Phi) is 22.6. The molecule has 0 aliphatic heterocycles. The van der Waals surface area contributed by atoms with Gasteiger partial charge in [0.1, 0.15) is 5.67 Å². The fourth-order valence-corrected chi connectivity index (χ4v) is 4.57. The maximum absolute atomic E-state index is 15.7. The number of rotatable bonds is 24. The van der Waals surface area contributed by atoms with Crippen molar-refractivity contribution in [3.63, 3.8) is 0 Å². The van der Waals surface area contributed by atoms with E-state index in [4.69, 9.17) is 0 Å². The van der Waals surface area contributed by atoms with Crippen molar-refractivity contribution < 1.29 is 4.39 Å². The smallest absolute Gasteiger partial charge is 0.111 e. The van der Waals surface area contributed by atoms with Crippen LogP contribution in [0.1, 0.15) is 175 Å². The molecular weight excluding hydrogens is 355 g/mol. The number of unbranched alkanes of at least 4 members (excludes halogenated alkanes) is 18. The first-order valence-electron chi connectivity index (χ1n) is 13.9. The van der Waals surface area contributed by atoms with Crippen LogP contribution in [0.5, 0.6) is 0 Å². The van der Waals surface area contributed by atoms with E-state index >= 15 is 4.39 Å². The van der Waals surface area contributed by atoms with Crippen molar-refractivity contribution in [2.75, 3.05) is 0 Å². The van der Waals surface area contributed by atoms with E-state index in [0.29, 0.717) is 0 Å². The molecule has 1 heteroatoms. The fourth-order valence-electron chi connectivity index (χ4n) is 4.57. The van der Waals surface area contributed by atoms with E-state index in [1.165, 1.54) is 116 Å². The summed E-state index contributed by atoms with van der Waals surface area (Å²) in [5, 5.41) is 0. The van der Waals surface area contributed by atoms with Crippen LogP contribution in [0.4, 0.5) is 4.39 Å². The third-order valence-corrected chi connectivity index (χ3v) is 6.69. The molecule has 0 bridgehead atoms. The van der Waals surface area contributed by atoms with Crippen LogP contribution in [-0.4, -0.2) is 5.67 Å². The molecule has 0 amide bonds. The summed E-state index contributed by atoms with van der Waals surface area (Å²) in [4.78, 5) is 0. The summed E-state index contributed by atoms with van der Waals surface area (Å²) in [6, 6.07) is 0. The first-order valence-corrected chi connectivity index (χ1v) is 13.9. The zero-order valence-electron chi connectivity index (χ0n) is 20.8. The molecule has 0 N–H and O–H groups in total. The highest BCUT2D eigenvalue weighted by Crippen LogP contribution is 2.33. The van der Waals surface area contributed by atoms with E-state index in [1.807, 2.05) is 0 Å². The largest absolute Gasteiger partial charge is 0.244 e. The van der Waals surface area contributed by atoms with Crippen LogP contribution in [-0.2, 0) is 0 Å². The van der Waals surface area contributed by atoms with Gasteiger partial charge in [0.2, 0.25) is 0 Å². The second-order valence-electron chi connectivity index (χ2n) is 9.76. The highest BCUT2D eigenvalue weighted by molar-refractivity contribution is 4.79. The molecule has 0 nitrogen and oxygen atoms in total. The van der Waals surface area contributed by atoms with Gasteiger partial charge in [0.15, 0.2) is 0 Å². The summed E-state index contributed by atoms with van der Waals surface area (Å²) in [6.07, 6.45) is 29.7. The van der Waals surface area contributed by atoms with E-state index in [0.717, 1.165) is 38.5 Å². The lowest BCUT2D eigenvalue weighted by molar-refractivity contribution is 0.112. The van der Waals surface area contributed by atoms with E-state index in [1.54, 1.807) is 0 Å². The van der Waals surface area contributed by atoms with Crippen LogP contribution in [0.15, 0.2) is 0 Å². The number of hydrogen-bond acceptors (Lipinski definition) is 0. The van der Waals surface area contributed by atoms with E-state index in [2.05, 4.69) is 20.8 Å².